The predicted octanol–water partition coefficient (Wildman–Crippen LogP) is 7.04. The zero-order chi connectivity index (χ0) is 38.8. The van der Waals surface area contributed by atoms with Crippen LogP contribution in [0.15, 0.2) is 103 Å². The molecule has 0 aliphatic rings. The number of carbonyl (C=O) groups excluding carboxylic acids is 1. The van der Waals surface area contributed by atoms with E-state index in [1.807, 2.05) is 54.6 Å². The summed E-state index contributed by atoms with van der Waals surface area (Å²) in [4.78, 5) is 14.0. The molecule has 0 spiro atoms. The number of methoxy groups -OCH3 is 3. The molecule has 292 valence electrons. The number of hydrogen-bond acceptors (Lipinski definition) is 9. The maximum absolute atomic E-state index is 11.8. The van der Waals surface area contributed by atoms with Crippen molar-refractivity contribution in [2.24, 2.45) is 0 Å². The van der Waals surface area contributed by atoms with Gasteiger partial charge in [-0.25, -0.2) is 0 Å². The fourth-order valence-corrected chi connectivity index (χ4v) is 11.0. The van der Waals surface area contributed by atoms with Crippen LogP contribution >= 0.6 is 0 Å². The van der Waals surface area contributed by atoms with Gasteiger partial charge in [0.25, 0.3) is 0 Å². The summed E-state index contributed by atoms with van der Waals surface area (Å²) in [6, 6.07) is 35.1. The normalized spacial score (nSPS) is 12.4. The van der Waals surface area contributed by atoms with Gasteiger partial charge in [-0.15, -0.1) is 0 Å². The molecule has 0 fully saturated rings. The first-order chi connectivity index (χ1) is 26.1. The number of likely N-dealkylation sites (N-methyl/N-ethyl adjacent to an activating group) is 1. The molecule has 4 rings (SSSR count). The van der Waals surface area contributed by atoms with Gasteiger partial charge in [0.15, 0.2) is 11.5 Å². The molecule has 1 atom stereocenters. The van der Waals surface area contributed by atoms with E-state index in [1.54, 1.807) is 14.2 Å². The molecule has 1 unspecified atom stereocenters. The van der Waals surface area contributed by atoms with Crippen LogP contribution in [0.3, 0.4) is 0 Å². The van der Waals surface area contributed by atoms with Crippen LogP contribution in [0.1, 0.15) is 51.2 Å². The highest BCUT2D eigenvalue weighted by Gasteiger charge is 2.52. The van der Waals surface area contributed by atoms with Crippen LogP contribution in [0.25, 0.3) is 0 Å². The van der Waals surface area contributed by atoms with Gasteiger partial charge in [0.1, 0.15) is 0 Å². The molecule has 0 amide bonds. The van der Waals surface area contributed by atoms with Gasteiger partial charge in [-0.2, -0.15) is 0 Å². The van der Waals surface area contributed by atoms with E-state index in [4.69, 9.17) is 32.8 Å². The van der Waals surface area contributed by atoms with E-state index < -0.39 is 8.32 Å². The Morgan fingerprint density at radius 2 is 1.28 bits per heavy atom. The molecular formula is C44H59NO8Si. The molecule has 0 N–H and O–H groups in total. The quantitative estimate of drug-likeness (QED) is 0.0450. The molecule has 0 radical (unpaired) electrons. The van der Waals surface area contributed by atoms with Crippen LogP contribution in [-0.2, 0) is 37.0 Å². The third-order valence-corrected chi connectivity index (χ3v) is 14.4. The van der Waals surface area contributed by atoms with E-state index in [2.05, 4.69) is 81.2 Å². The molecule has 0 aliphatic carbocycles. The van der Waals surface area contributed by atoms with Gasteiger partial charge in [-0.05, 0) is 58.6 Å². The predicted molar refractivity (Wildman–Crippen MR) is 217 cm³/mol. The summed E-state index contributed by atoms with van der Waals surface area (Å²) in [5.74, 6) is 1.55. The number of esters is 1. The molecule has 0 bridgehead atoms. The molecule has 0 saturated carbocycles. The first kappa shape index (κ1) is 42.5. The Bertz CT molecular complexity index is 1630. The number of carbonyl (C=O) groups is 1. The summed E-state index contributed by atoms with van der Waals surface area (Å²) >= 11 is 0. The summed E-state index contributed by atoms with van der Waals surface area (Å²) in [6.45, 7) is 10.7. The lowest BCUT2D eigenvalue weighted by atomic mass is 10.1. The highest BCUT2D eigenvalue weighted by atomic mass is 28.4. The van der Waals surface area contributed by atoms with Crippen molar-refractivity contribution in [1.82, 2.24) is 4.90 Å². The standard InChI is InChI=1S/C44H59NO8Si/c1-44(2,3)54(38-19-13-9-14-20-38,39-21-15-10-16-22-39)53-41-32-36(31-40(47-5)43(41)49-7)33-51-30-29-50-28-27-45(4)26-25-37(23-24-42(46)48-6)52-34-35-17-11-8-12-18-35/h8-22,31-32,37H,23-30,33-34H2,1-7H3. The summed E-state index contributed by atoms with van der Waals surface area (Å²) in [5.41, 5.74) is 2.02. The van der Waals surface area contributed by atoms with Crippen molar-refractivity contribution in [2.45, 2.75) is 64.4 Å². The Balaban J connectivity index is 1.32. The first-order valence-corrected chi connectivity index (χ1v) is 20.6. The SMILES string of the molecule is COC(=O)CCC(CCN(C)CCOCCOCc1cc(OC)c(OC)c(O[Si](c2ccccc2)(c2ccccc2)C(C)(C)C)c1)OCc1ccccc1. The Hall–Kier alpha value is -4.19. The maximum atomic E-state index is 11.8. The summed E-state index contributed by atoms with van der Waals surface area (Å²) in [5, 5.41) is 2.11. The van der Waals surface area contributed by atoms with Gasteiger partial charge in [0.2, 0.25) is 5.75 Å². The summed E-state index contributed by atoms with van der Waals surface area (Å²) in [7, 11) is 3.84. The zero-order valence-electron chi connectivity index (χ0n) is 33.2. The minimum atomic E-state index is -2.93. The molecule has 0 aromatic heterocycles. The highest BCUT2D eigenvalue weighted by molar-refractivity contribution is 7.00. The molecule has 0 saturated heterocycles. The largest absolute Gasteiger partial charge is 0.531 e. The molecule has 4 aromatic rings. The van der Waals surface area contributed by atoms with Crippen molar-refractivity contribution < 1.29 is 37.6 Å². The fourth-order valence-electron chi connectivity index (χ4n) is 6.54. The lowest BCUT2D eigenvalue weighted by molar-refractivity contribution is -0.141. The zero-order valence-corrected chi connectivity index (χ0v) is 34.2. The number of hydrogen-bond donors (Lipinski definition) is 0. The molecule has 10 heteroatoms. The van der Waals surface area contributed by atoms with Crippen LogP contribution in [0.2, 0.25) is 5.04 Å². The van der Waals surface area contributed by atoms with E-state index in [-0.39, 0.29) is 17.1 Å². The van der Waals surface area contributed by atoms with Crippen molar-refractivity contribution in [2.75, 3.05) is 61.3 Å². The average Bonchev–Trinajstić information content (AvgIpc) is 3.19. The van der Waals surface area contributed by atoms with E-state index in [1.165, 1.54) is 17.5 Å². The number of ether oxygens (including phenoxy) is 6. The van der Waals surface area contributed by atoms with Crippen molar-refractivity contribution in [1.29, 1.82) is 0 Å². The molecule has 0 aliphatic heterocycles. The Labute approximate surface area is 323 Å². The topological polar surface area (TPSA) is 84.9 Å². The Morgan fingerprint density at radius 3 is 1.85 bits per heavy atom. The molecule has 0 heterocycles. The second-order valence-corrected chi connectivity index (χ2v) is 18.6. The van der Waals surface area contributed by atoms with Gasteiger partial charge in [0.05, 0.1) is 60.5 Å². The molecule has 9 nitrogen and oxygen atoms in total. The Kier molecular flexibility index (Phi) is 17.0. The Morgan fingerprint density at radius 1 is 0.685 bits per heavy atom. The summed E-state index contributed by atoms with van der Waals surface area (Å²) < 4.78 is 42.1. The highest BCUT2D eigenvalue weighted by Crippen LogP contribution is 2.44. The van der Waals surface area contributed by atoms with Crippen molar-refractivity contribution in [3.05, 3.63) is 114 Å². The minimum Gasteiger partial charge on any atom is -0.531 e. The van der Waals surface area contributed by atoms with Crippen molar-refractivity contribution in [3.8, 4) is 17.2 Å². The van der Waals surface area contributed by atoms with Gasteiger partial charge in [0, 0.05) is 19.5 Å². The van der Waals surface area contributed by atoms with Crippen LogP contribution in [-0.4, -0.2) is 86.6 Å². The van der Waals surface area contributed by atoms with Crippen molar-refractivity contribution in [3.63, 3.8) is 0 Å². The maximum Gasteiger partial charge on any atom is 0.320 e. The second-order valence-electron chi connectivity index (χ2n) is 14.4. The van der Waals surface area contributed by atoms with Gasteiger partial charge in [-0.3, -0.25) is 4.79 Å². The summed E-state index contributed by atoms with van der Waals surface area (Å²) in [6.07, 6.45) is 1.71. The number of benzene rings is 4. The van der Waals surface area contributed by atoms with E-state index in [9.17, 15) is 4.79 Å². The number of nitrogens with zero attached hydrogens (tertiary/aromatic N) is 1. The minimum absolute atomic E-state index is 0.0486. The van der Waals surface area contributed by atoms with Crippen molar-refractivity contribution >= 4 is 24.7 Å². The molecule has 54 heavy (non-hydrogen) atoms. The lowest BCUT2D eigenvalue weighted by Crippen LogP contribution is -2.68. The number of rotatable bonds is 23. The first-order valence-electron chi connectivity index (χ1n) is 18.7. The van der Waals surface area contributed by atoms with E-state index >= 15 is 0 Å². The van der Waals surface area contributed by atoms with Crippen LogP contribution in [0, 0.1) is 0 Å². The third kappa shape index (κ3) is 12.2. The van der Waals surface area contributed by atoms with Gasteiger partial charge < -0.3 is 37.7 Å². The average molecular weight is 758 g/mol. The van der Waals surface area contributed by atoms with E-state index in [0.29, 0.717) is 63.1 Å². The van der Waals surface area contributed by atoms with Crippen LogP contribution in [0.5, 0.6) is 17.2 Å². The fraction of sp³-hybridized carbons (Fsp3) is 0.432. The monoisotopic (exact) mass is 757 g/mol. The van der Waals surface area contributed by atoms with Gasteiger partial charge >= 0.3 is 14.3 Å². The lowest BCUT2D eigenvalue weighted by Gasteiger charge is -2.43. The second kappa shape index (κ2) is 21.6. The van der Waals surface area contributed by atoms with Crippen LogP contribution < -0.4 is 24.3 Å². The van der Waals surface area contributed by atoms with Crippen LogP contribution in [0.4, 0.5) is 0 Å². The molecular weight excluding hydrogens is 699 g/mol. The van der Waals surface area contributed by atoms with E-state index in [0.717, 1.165) is 30.6 Å². The smallest absolute Gasteiger partial charge is 0.320 e. The van der Waals surface area contributed by atoms with Gasteiger partial charge in [-0.1, -0.05) is 112 Å². The molecule has 4 aromatic carbocycles. The third-order valence-electron chi connectivity index (χ3n) is 9.50.